The third-order valence-electron chi connectivity index (χ3n) is 4.42. The molecule has 1 amide bonds. The van der Waals surface area contributed by atoms with Crippen LogP contribution >= 0.6 is 0 Å². The van der Waals surface area contributed by atoms with E-state index in [9.17, 15) is 9.18 Å². The lowest BCUT2D eigenvalue weighted by Crippen LogP contribution is -2.28. The van der Waals surface area contributed by atoms with Crippen molar-refractivity contribution >= 4 is 28.4 Å². The molecule has 4 rings (SSSR count). The van der Waals surface area contributed by atoms with E-state index in [4.69, 9.17) is 9.25 Å². The zero-order chi connectivity index (χ0) is 19.9. The summed E-state index contributed by atoms with van der Waals surface area (Å²) in [6.45, 7) is 6.07. The first-order valence-electron chi connectivity index (χ1n) is 9.00. The molecule has 0 saturated heterocycles. The number of hydrogen-bond donors (Lipinski definition) is 1. The van der Waals surface area contributed by atoms with Gasteiger partial charge in [0, 0.05) is 23.1 Å². The molecule has 144 valence electrons. The molecule has 0 aliphatic carbocycles. The van der Waals surface area contributed by atoms with Crippen molar-refractivity contribution in [3.8, 4) is 0 Å². The number of fused-ring (bicyclic) bond motifs is 1. The summed E-state index contributed by atoms with van der Waals surface area (Å²) >= 11 is 0. The van der Waals surface area contributed by atoms with Crippen molar-refractivity contribution in [2.75, 3.05) is 5.32 Å². The molecule has 1 aromatic heterocycles. The van der Waals surface area contributed by atoms with Gasteiger partial charge in [0.15, 0.2) is 5.58 Å². The first-order valence-corrected chi connectivity index (χ1v) is 9.00. The van der Waals surface area contributed by atoms with Gasteiger partial charge in [-0.25, -0.2) is 9.37 Å². The standard InChI is InChI=1S/C21H20FN3O3/c1-21(2,3)20-24-16-10-14(7-8-17(16)27-20)23-19(26)18-11-15(25-28-18)12-5-4-6-13(22)9-12/h4-10,18H,11H2,1-3H3,(H,23,26)/t18-/m1/s1. The number of benzene rings is 2. The Hall–Kier alpha value is -3.22. The van der Waals surface area contributed by atoms with Crippen LogP contribution in [0.3, 0.4) is 0 Å². The van der Waals surface area contributed by atoms with Crippen molar-refractivity contribution in [2.45, 2.75) is 38.7 Å². The molecule has 2 aromatic carbocycles. The van der Waals surface area contributed by atoms with Crippen LogP contribution in [0.25, 0.3) is 11.1 Å². The number of hydrogen-bond acceptors (Lipinski definition) is 5. The maximum atomic E-state index is 13.4. The predicted molar refractivity (Wildman–Crippen MR) is 104 cm³/mol. The van der Waals surface area contributed by atoms with Crippen LogP contribution in [0, 0.1) is 5.82 Å². The number of anilines is 1. The molecule has 0 unspecified atom stereocenters. The predicted octanol–water partition coefficient (Wildman–Crippen LogP) is 4.40. The van der Waals surface area contributed by atoms with Gasteiger partial charge < -0.3 is 14.6 Å². The van der Waals surface area contributed by atoms with Crippen molar-refractivity contribution in [1.29, 1.82) is 0 Å². The molecule has 1 atom stereocenters. The number of aromatic nitrogens is 1. The molecule has 0 fully saturated rings. The number of nitrogens with zero attached hydrogens (tertiary/aromatic N) is 2. The fraction of sp³-hybridized carbons (Fsp3) is 0.286. The lowest BCUT2D eigenvalue weighted by molar-refractivity contribution is -0.125. The molecule has 3 aromatic rings. The average molecular weight is 381 g/mol. The second kappa shape index (κ2) is 6.74. The number of carbonyl (C=O) groups excluding carboxylic acids is 1. The van der Waals surface area contributed by atoms with Crippen molar-refractivity contribution < 1.29 is 18.4 Å². The second-order valence-electron chi connectivity index (χ2n) is 7.79. The highest BCUT2D eigenvalue weighted by atomic mass is 19.1. The highest BCUT2D eigenvalue weighted by Gasteiger charge is 2.29. The van der Waals surface area contributed by atoms with Crippen molar-refractivity contribution in [2.24, 2.45) is 5.16 Å². The topological polar surface area (TPSA) is 76.7 Å². The first kappa shape index (κ1) is 18.2. The van der Waals surface area contributed by atoms with Gasteiger partial charge in [0.1, 0.15) is 11.3 Å². The minimum Gasteiger partial charge on any atom is -0.440 e. The number of oxazole rings is 1. The number of halogens is 1. The molecular formula is C21H20FN3O3. The Morgan fingerprint density at radius 1 is 1.21 bits per heavy atom. The smallest absolute Gasteiger partial charge is 0.268 e. The van der Waals surface area contributed by atoms with E-state index in [1.54, 1.807) is 30.3 Å². The Bertz CT molecular complexity index is 1080. The molecule has 0 bridgehead atoms. The van der Waals surface area contributed by atoms with E-state index in [0.29, 0.717) is 34.0 Å². The number of rotatable bonds is 3. The Morgan fingerprint density at radius 3 is 2.79 bits per heavy atom. The third-order valence-corrected chi connectivity index (χ3v) is 4.42. The van der Waals surface area contributed by atoms with Gasteiger partial charge >= 0.3 is 0 Å². The zero-order valence-corrected chi connectivity index (χ0v) is 15.8. The van der Waals surface area contributed by atoms with E-state index >= 15 is 0 Å². The Kier molecular flexibility index (Phi) is 4.37. The SMILES string of the molecule is CC(C)(C)c1nc2cc(NC(=O)[C@H]3CC(c4cccc(F)c4)=NO3)ccc2o1. The normalized spacial score (nSPS) is 16.7. The number of amides is 1. The third kappa shape index (κ3) is 3.60. The van der Waals surface area contributed by atoms with E-state index in [-0.39, 0.29) is 23.6 Å². The highest BCUT2D eigenvalue weighted by molar-refractivity contribution is 6.06. The van der Waals surface area contributed by atoms with Crippen LogP contribution in [-0.4, -0.2) is 22.7 Å². The maximum absolute atomic E-state index is 13.4. The van der Waals surface area contributed by atoms with Crippen LogP contribution in [0.15, 0.2) is 52.0 Å². The Balaban J connectivity index is 1.45. The van der Waals surface area contributed by atoms with Gasteiger partial charge in [-0.05, 0) is 30.3 Å². The summed E-state index contributed by atoms with van der Waals surface area (Å²) in [6, 6.07) is 11.3. The molecule has 7 heteroatoms. The fourth-order valence-electron chi connectivity index (χ4n) is 2.91. The molecule has 28 heavy (non-hydrogen) atoms. The zero-order valence-electron chi connectivity index (χ0n) is 15.8. The van der Waals surface area contributed by atoms with Crippen LogP contribution in [0.4, 0.5) is 10.1 Å². The van der Waals surface area contributed by atoms with Crippen LogP contribution in [-0.2, 0) is 15.0 Å². The van der Waals surface area contributed by atoms with Crippen LogP contribution in [0.5, 0.6) is 0 Å². The van der Waals surface area contributed by atoms with E-state index in [1.165, 1.54) is 12.1 Å². The molecule has 1 aliphatic rings. The summed E-state index contributed by atoms with van der Waals surface area (Å²) in [6.07, 6.45) is -0.494. The first-order chi connectivity index (χ1) is 13.3. The Labute approximate surface area is 161 Å². The summed E-state index contributed by atoms with van der Waals surface area (Å²) in [7, 11) is 0. The molecule has 0 radical (unpaired) electrons. The quantitative estimate of drug-likeness (QED) is 0.730. The minimum absolute atomic E-state index is 0.204. The summed E-state index contributed by atoms with van der Waals surface area (Å²) in [4.78, 5) is 22.3. The van der Waals surface area contributed by atoms with Crippen molar-refractivity contribution in [1.82, 2.24) is 4.98 Å². The maximum Gasteiger partial charge on any atom is 0.268 e. The number of nitrogens with one attached hydrogen (secondary N) is 1. The highest BCUT2D eigenvalue weighted by Crippen LogP contribution is 2.27. The van der Waals surface area contributed by atoms with Gasteiger partial charge in [-0.2, -0.15) is 0 Å². The van der Waals surface area contributed by atoms with E-state index in [2.05, 4.69) is 15.5 Å². The van der Waals surface area contributed by atoms with E-state index in [1.807, 2.05) is 20.8 Å². The lowest BCUT2D eigenvalue weighted by atomic mass is 9.97. The number of oxime groups is 1. The van der Waals surface area contributed by atoms with Crippen LogP contribution < -0.4 is 5.32 Å². The molecule has 1 N–H and O–H groups in total. The average Bonchev–Trinajstić information content (AvgIpc) is 3.28. The molecule has 2 heterocycles. The molecule has 0 spiro atoms. The van der Waals surface area contributed by atoms with Gasteiger partial charge in [-0.1, -0.05) is 38.1 Å². The summed E-state index contributed by atoms with van der Waals surface area (Å²) in [5.41, 5.74) is 2.87. The molecule has 0 saturated carbocycles. The van der Waals surface area contributed by atoms with Crippen molar-refractivity contribution in [3.05, 3.63) is 59.7 Å². The Morgan fingerprint density at radius 2 is 2.04 bits per heavy atom. The summed E-state index contributed by atoms with van der Waals surface area (Å²) in [5, 5.41) is 6.75. The summed E-state index contributed by atoms with van der Waals surface area (Å²) in [5.74, 6) is -0.0454. The van der Waals surface area contributed by atoms with E-state index < -0.39 is 6.10 Å². The largest absolute Gasteiger partial charge is 0.440 e. The van der Waals surface area contributed by atoms with Gasteiger partial charge in [0.25, 0.3) is 5.91 Å². The minimum atomic E-state index is -0.767. The fourth-order valence-corrected chi connectivity index (χ4v) is 2.91. The van der Waals surface area contributed by atoms with Crippen molar-refractivity contribution in [3.63, 3.8) is 0 Å². The number of carbonyl (C=O) groups is 1. The van der Waals surface area contributed by atoms with Gasteiger partial charge in [0.05, 0.1) is 5.71 Å². The molecule has 6 nitrogen and oxygen atoms in total. The lowest BCUT2D eigenvalue weighted by Gasteiger charge is -2.11. The van der Waals surface area contributed by atoms with Crippen LogP contribution in [0.1, 0.15) is 38.6 Å². The van der Waals surface area contributed by atoms with E-state index in [0.717, 1.165) is 0 Å². The van der Waals surface area contributed by atoms with Crippen LogP contribution in [0.2, 0.25) is 0 Å². The second-order valence-corrected chi connectivity index (χ2v) is 7.79. The van der Waals surface area contributed by atoms with Gasteiger partial charge in [0.2, 0.25) is 12.0 Å². The van der Waals surface area contributed by atoms with Gasteiger partial charge in [-0.3, -0.25) is 4.79 Å². The molecular weight excluding hydrogens is 361 g/mol. The van der Waals surface area contributed by atoms with Gasteiger partial charge in [-0.15, -0.1) is 0 Å². The summed E-state index contributed by atoms with van der Waals surface area (Å²) < 4.78 is 19.1. The monoisotopic (exact) mass is 381 g/mol. The molecule has 1 aliphatic heterocycles.